The largest absolute Gasteiger partial charge is 0.327 e. The molecule has 0 aliphatic carbocycles. The van der Waals surface area contributed by atoms with E-state index in [1.165, 1.54) is 0 Å². The lowest BCUT2D eigenvalue weighted by Crippen LogP contribution is -2.47. The van der Waals surface area contributed by atoms with Gasteiger partial charge in [-0.2, -0.15) is 0 Å². The van der Waals surface area contributed by atoms with Crippen LogP contribution >= 0.6 is 0 Å². The van der Waals surface area contributed by atoms with Crippen LogP contribution in [-0.4, -0.2) is 29.0 Å². The first kappa shape index (κ1) is 14.9. The van der Waals surface area contributed by atoms with Crippen LogP contribution in [0, 0.1) is 23.0 Å². The summed E-state index contributed by atoms with van der Waals surface area (Å²) >= 11 is 0. The molecule has 5 heteroatoms. The third-order valence-electron chi connectivity index (χ3n) is 4.18. The van der Waals surface area contributed by atoms with Gasteiger partial charge in [0, 0.05) is 36.8 Å². The summed E-state index contributed by atoms with van der Waals surface area (Å²) in [5, 5.41) is 11.0. The van der Waals surface area contributed by atoms with E-state index in [-0.39, 0.29) is 22.7 Å². The Bertz CT molecular complexity index is 494. The minimum Gasteiger partial charge on any atom is -0.327 e. The molecule has 0 saturated carbocycles. The van der Waals surface area contributed by atoms with Gasteiger partial charge in [-0.15, -0.1) is 0 Å². The van der Waals surface area contributed by atoms with Crippen LogP contribution in [0.25, 0.3) is 0 Å². The van der Waals surface area contributed by atoms with E-state index >= 15 is 0 Å². The predicted octanol–water partition coefficient (Wildman–Crippen LogP) is 2.63. The summed E-state index contributed by atoms with van der Waals surface area (Å²) in [6.45, 7) is 7.92. The average Bonchev–Trinajstić information content (AvgIpc) is 2.37. The van der Waals surface area contributed by atoms with Crippen LogP contribution in [0.3, 0.4) is 0 Å². The molecule has 0 radical (unpaired) electrons. The maximum atomic E-state index is 11.0. The molecule has 5 nitrogen and oxygen atoms in total. The molecule has 1 fully saturated rings. The molecular formula is C15H23N3O2. The lowest BCUT2D eigenvalue weighted by molar-refractivity contribution is -0.385. The molecule has 0 spiro atoms. The number of nitro groups is 1. The van der Waals surface area contributed by atoms with Gasteiger partial charge in [-0.1, -0.05) is 19.1 Å². The first-order valence-electron chi connectivity index (χ1n) is 7.13. The Morgan fingerprint density at radius 1 is 1.45 bits per heavy atom. The number of piperidine rings is 1. The molecule has 1 aliphatic rings. The van der Waals surface area contributed by atoms with Gasteiger partial charge in [-0.3, -0.25) is 15.0 Å². The molecule has 1 saturated heterocycles. The monoisotopic (exact) mass is 277 g/mol. The molecular weight excluding hydrogens is 254 g/mol. The molecule has 0 amide bonds. The highest BCUT2D eigenvalue weighted by atomic mass is 16.6. The zero-order valence-corrected chi connectivity index (χ0v) is 12.4. The molecule has 3 atom stereocenters. The van der Waals surface area contributed by atoms with E-state index in [2.05, 4.69) is 18.7 Å². The summed E-state index contributed by atoms with van der Waals surface area (Å²) in [4.78, 5) is 13.1. The average molecular weight is 277 g/mol. The number of nitrogens with zero attached hydrogens (tertiary/aromatic N) is 2. The summed E-state index contributed by atoms with van der Waals surface area (Å²) in [6, 6.07) is 5.87. The quantitative estimate of drug-likeness (QED) is 0.681. The molecule has 1 aliphatic heterocycles. The van der Waals surface area contributed by atoms with Gasteiger partial charge in [0.05, 0.1) is 4.92 Å². The Hall–Kier alpha value is -1.46. The van der Waals surface area contributed by atoms with Crippen LogP contribution in [0.1, 0.15) is 37.4 Å². The molecule has 110 valence electrons. The highest BCUT2D eigenvalue weighted by Gasteiger charge is 2.27. The fourth-order valence-electron chi connectivity index (χ4n) is 3.05. The second kappa shape index (κ2) is 5.89. The minimum atomic E-state index is -0.309. The number of hydrogen-bond donors (Lipinski definition) is 1. The second-order valence-electron chi connectivity index (χ2n) is 6.03. The van der Waals surface area contributed by atoms with Crippen LogP contribution in [-0.2, 0) is 0 Å². The van der Waals surface area contributed by atoms with Gasteiger partial charge < -0.3 is 5.73 Å². The molecule has 1 aromatic rings. The lowest BCUT2D eigenvalue weighted by atomic mass is 9.93. The fourth-order valence-corrected chi connectivity index (χ4v) is 3.05. The first-order chi connectivity index (χ1) is 9.38. The van der Waals surface area contributed by atoms with Crippen molar-refractivity contribution in [1.29, 1.82) is 0 Å². The molecule has 0 bridgehead atoms. The minimum absolute atomic E-state index is 0.156. The molecule has 1 aromatic carbocycles. The van der Waals surface area contributed by atoms with Crippen LogP contribution in [0.15, 0.2) is 18.2 Å². The topological polar surface area (TPSA) is 72.4 Å². The number of likely N-dealkylation sites (tertiary alicyclic amines) is 1. The summed E-state index contributed by atoms with van der Waals surface area (Å²) in [7, 11) is 0. The Balaban J connectivity index is 2.22. The van der Waals surface area contributed by atoms with Crippen molar-refractivity contribution in [2.45, 2.75) is 39.3 Å². The Kier molecular flexibility index (Phi) is 4.40. The van der Waals surface area contributed by atoms with Crippen molar-refractivity contribution in [3.8, 4) is 0 Å². The predicted molar refractivity (Wildman–Crippen MR) is 79.6 cm³/mol. The van der Waals surface area contributed by atoms with Crippen LogP contribution in [0.5, 0.6) is 0 Å². The van der Waals surface area contributed by atoms with E-state index in [1.807, 2.05) is 12.1 Å². The summed E-state index contributed by atoms with van der Waals surface area (Å²) in [6.07, 6.45) is 1.05. The maximum Gasteiger partial charge on any atom is 0.272 e. The zero-order chi connectivity index (χ0) is 14.9. The zero-order valence-electron chi connectivity index (χ0n) is 12.4. The van der Waals surface area contributed by atoms with Crippen molar-refractivity contribution in [2.24, 2.45) is 11.7 Å². The number of nitrogens with two attached hydrogens (primary N) is 1. The number of hydrogen-bond acceptors (Lipinski definition) is 4. The van der Waals surface area contributed by atoms with Crippen molar-refractivity contribution in [2.75, 3.05) is 13.1 Å². The van der Waals surface area contributed by atoms with Gasteiger partial charge in [-0.25, -0.2) is 0 Å². The third-order valence-corrected chi connectivity index (χ3v) is 4.18. The van der Waals surface area contributed by atoms with Crippen molar-refractivity contribution >= 4 is 5.69 Å². The van der Waals surface area contributed by atoms with Gasteiger partial charge in [0.25, 0.3) is 5.69 Å². The number of aryl methyl sites for hydroxylation is 1. The van der Waals surface area contributed by atoms with E-state index in [1.54, 1.807) is 13.0 Å². The molecule has 2 rings (SSSR count). The Morgan fingerprint density at radius 2 is 2.15 bits per heavy atom. The normalized spacial score (nSPS) is 25.4. The second-order valence-corrected chi connectivity index (χ2v) is 6.03. The number of rotatable bonds is 3. The maximum absolute atomic E-state index is 11.0. The van der Waals surface area contributed by atoms with Crippen molar-refractivity contribution in [3.05, 3.63) is 39.4 Å². The van der Waals surface area contributed by atoms with Crippen molar-refractivity contribution < 1.29 is 4.92 Å². The SMILES string of the molecule is Cc1ccc(C(C)N2CC(C)CC(N)C2)cc1[N+](=O)[O-]. The summed E-state index contributed by atoms with van der Waals surface area (Å²) in [5.41, 5.74) is 7.97. The van der Waals surface area contributed by atoms with Crippen LogP contribution in [0.4, 0.5) is 5.69 Å². The first-order valence-corrected chi connectivity index (χ1v) is 7.13. The summed E-state index contributed by atoms with van der Waals surface area (Å²) in [5.74, 6) is 0.571. The molecule has 0 aromatic heterocycles. The molecule has 3 unspecified atom stereocenters. The van der Waals surface area contributed by atoms with Crippen molar-refractivity contribution in [1.82, 2.24) is 4.90 Å². The van der Waals surface area contributed by atoms with Gasteiger partial charge in [0.2, 0.25) is 0 Å². The van der Waals surface area contributed by atoms with E-state index in [9.17, 15) is 10.1 Å². The van der Waals surface area contributed by atoms with E-state index < -0.39 is 0 Å². The van der Waals surface area contributed by atoms with Crippen LogP contribution in [0.2, 0.25) is 0 Å². The fraction of sp³-hybridized carbons (Fsp3) is 0.600. The number of nitro benzene ring substituents is 1. The van der Waals surface area contributed by atoms with Gasteiger partial charge in [0.1, 0.15) is 0 Å². The van der Waals surface area contributed by atoms with Gasteiger partial charge in [0.15, 0.2) is 0 Å². The Morgan fingerprint density at radius 3 is 2.75 bits per heavy atom. The van der Waals surface area contributed by atoms with Gasteiger partial charge >= 0.3 is 0 Å². The highest BCUT2D eigenvalue weighted by molar-refractivity contribution is 5.43. The van der Waals surface area contributed by atoms with E-state index in [0.717, 1.165) is 25.1 Å². The standard InChI is InChI=1S/C15H23N3O2/c1-10-6-14(16)9-17(8-10)12(3)13-5-4-11(2)15(7-13)18(19)20/h4-5,7,10,12,14H,6,8-9,16H2,1-3H3. The van der Waals surface area contributed by atoms with Crippen molar-refractivity contribution in [3.63, 3.8) is 0 Å². The smallest absolute Gasteiger partial charge is 0.272 e. The van der Waals surface area contributed by atoms with Gasteiger partial charge in [-0.05, 0) is 31.7 Å². The van der Waals surface area contributed by atoms with E-state index in [4.69, 9.17) is 5.73 Å². The van der Waals surface area contributed by atoms with E-state index in [0.29, 0.717) is 11.5 Å². The Labute approximate surface area is 119 Å². The highest BCUT2D eigenvalue weighted by Crippen LogP contribution is 2.29. The van der Waals surface area contributed by atoms with Crippen LogP contribution < -0.4 is 5.73 Å². The lowest BCUT2D eigenvalue weighted by Gasteiger charge is -2.38. The third kappa shape index (κ3) is 3.16. The molecule has 2 N–H and O–H groups in total. The molecule has 1 heterocycles. The summed E-state index contributed by atoms with van der Waals surface area (Å²) < 4.78 is 0. The molecule has 20 heavy (non-hydrogen) atoms. The number of benzene rings is 1.